The molecule has 0 bridgehead atoms. The Kier molecular flexibility index (Phi) is 5.63. The lowest BCUT2D eigenvalue weighted by Crippen LogP contribution is -2.46. The van der Waals surface area contributed by atoms with Crippen LogP contribution in [0.3, 0.4) is 0 Å². The Morgan fingerprint density at radius 2 is 1.79 bits per heavy atom. The van der Waals surface area contributed by atoms with E-state index in [0.29, 0.717) is 10.7 Å². The molecule has 0 aromatic heterocycles. The minimum atomic E-state index is -0.683. The maximum absolute atomic E-state index is 11.8. The molecule has 1 rings (SSSR count). The largest absolute Gasteiger partial charge is 0.467 e. The molecule has 0 spiro atoms. The van der Waals surface area contributed by atoms with Crippen molar-refractivity contribution in [2.75, 3.05) is 12.4 Å². The average Bonchev–Trinajstić information content (AvgIpc) is 2.37. The van der Waals surface area contributed by atoms with E-state index < -0.39 is 18.0 Å². The van der Waals surface area contributed by atoms with E-state index in [4.69, 9.17) is 11.6 Å². The summed E-state index contributed by atoms with van der Waals surface area (Å²) in [6.45, 7) is 3.65. The number of benzene rings is 1. The molecule has 2 N–H and O–H groups in total. The molecular weight excluding hydrogens is 268 g/mol. The van der Waals surface area contributed by atoms with Gasteiger partial charge in [0.25, 0.3) is 0 Å². The molecular formula is C13H17ClN2O3. The van der Waals surface area contributed by atoms with Crippen LogP contribution in [0.1, 0.15) is 13.8 Å². The van der Waals surface area contributed by atoms with E-state index in [1.54, 1.807) is 24.3 Å². The highest BCUT2D eigenvalue weighted by atomic mass is 35.5. The number of anilines is 1. The molecule has 5 nitrogen and oxygen atoms in total. The van der Waals surface area contributed by atoms with Crippen molar-refractivity contribution in [3.05, 3.63) is 29.3 Å². The molecule has 0 aliphatic rings. The van der Waals surface area contributed by atoms with Gasteiger partial charge < -0.3 is 15.4 Å². The van der Waals surface area contributed by atoms with Gasteiger partial charge in [-0.25, -0.2) is 9.59 Å². The smallest absolute Gasteiger partial charge is 0.328 e. The highest BCUT2D eigenvalue weighted by molar-refractivity contribution is 6.30. The fourth-order valence-electron chi connectivity index (χ4n) is 1.47. The first-order valence-corrected chi connectivity index (χ1v) is 6.22. The molecule has 0 unspecified atom stereocenters. The highest BCUT2D eigenvalue weighted by Gasteiger charge is 2.24. The van der Waals surface area contributed by atoms with Gasteiger partial charge in [0.2, 0.25) is 0 Å². The lowest BCUT2D eigenvalue weighted by molar-refractivity contribution is -0.143. The van der Waals surface area contributed by atoms with Gasteiger partial charge in [-0.1, -0.05) is 25.4 Å². The van der Waals surface area contributed by atoms with Crippen molar-refractivity contribution >= 4 is 29.3 Å². The van der Waals surface area contributed by atoms with Crippen molar-refractivity contribution in [1.29, 1.82) is 0 Å². The van der Waals surface area contributed by atoms with Crippen molar-refractivity contribution < 1.29 is 14.3 Å². The first kappa shape index (κ1) is 15.3. The molecule has 0 heterocycles. The molecule has 2 amide bonds. The summed E-state index contributed by atoms with van der Waals surface area (Å²) in [6, 6.07) is 5.52. The summed E-state index contributed by atoms with van der Waals surface area (Å²) in [5, 5.41) is 5.77. The van der Waals surface area contributed by atoms with Gasteiger partial charge in [0.1, 0.15) is 6.04 Å². The van der Waals surface area contributed by atoms with Crippen LogP contribution in [-0.2, 0) is 9.53 Å². The minimum Gasteiger partial charge on any atom is -0.467 e. The molecule has 0 aliphatic carbocycles. The molecule has 1 aromatic rings. The molecule has 0 fully saturated rings. The number of halogens is 1. The Morgan fingerprint density at radius 3 is 2.26 bits per heavy atom. The lowest BCUT2D eigenvalue weighted by Gasteiger charge is -2.20. The van der Waals surface area contributed by atoms with Crippen molar-refractivity contribution in [3.63, 3.8) is 0 Å². The second-order valence-electron chi connectivity index (χ2n) is 4.35. The highest BCUT2D eigenvalue weighted by Crippen LogP contribution is 2.13. The average molecular weight is 285 g/mol. The monoisotopic (exact) mass is 284 g/mol. The first-order valence-electron chi connectivity index (χ1n) is 5.85. The molecule has 6 heteroatoms. The van der Waals surface area contributed by atoms with Crippen LogP contribution >= 0.6 is 11.6 Å². The Labute approximate surface area is 117 Å². The number of carbonyl (C=O) groups is 2. The zero-order valence-corrected chi connectivity index (χ0v) is 11.8. The van der Waals surface area contributed by atoms with Crippen LogP contribution in [0.15, 0.2) is 24.3 Å². The summed E-state index contributed by atoms with van der Waals surface area (Å²) in [5.74, 6) is -0.537. The zero-order chi connectivity index (χ0) is 14.4. The fourth-order valence-corrected chi connectivity index (χ4v) is 1.59. The number of amides is 2. The van der Waals surface area contributed by atoms with Crippen molar-refractivity contribution in [1.82, 2.24) is 5.32 Å². The van der Waals surface area contributed by atoms with Crippen molar-refractivity contribution in [2.24, 2.45) is 5.92 Å². The van der Waals surface area contributed by atoms with Gasteiger partial charge in [-0.3, -0.25) is 0 Å². The third-order valence-corrected chi connectivity index (χ3v) is 2.76. The predicted octanol–water partition coefficient (Wildman–Crippen LogP) is 2.66. The zero-order valence-electron chi connectivity index (χ0n) is 11.1. The lowest BCUT2D eigenvalue weighted by atomic mass is 10.1. The summed E-state index contributed by atoms with van der Waals surface area (Å²) in [6.07, 6.45) is 0. The molecule has 0 saturated heterocycles. The maximum Gasteiger partial charge on any atom is 0.328 e. The Balaban J connectivity index is 2.62. The van der Waals surface area contributed by atoms with Crippen LogP contribution in [-0.4, -0.2) is 25.2 Å². The Morgan fingerprint density at radius 1 is 1.21 bits per heavy atom. The summed E-state index contributed by atoms with van der Waals surface area (Å²) < 4.78 is 4.64. The number of ether oxygens (including phenoxy) is 1. The molecule has 0 radical (unpaired) electrons. The van der Waals surface area contributed by atoms with Gasteiger partial charge in [-0.05, 0) is 30.2 Å². The van der Waals surface area contributed by atoms with Crippen LogP contribution in [0.4, 0.5) is 10.5 Å². The third kappa shape index (κ3) is 4.79. The number of rotatable bonds is 4. The van der Waals surface area contributed by atoms with E-state index in [1.807, 2.05) is 13.8 Å². The van der Waals surface area contributed by atoms with Gasteiger partial charge in [0, 0.05) is 10.7 Å². The van der Waals surface area contributed by atoms with E-state index >= 15 is 0 Å². The van der Waals surface area contributed by atoms with Crippen LogP contribution in [0.25, 0.3) is 0 Å². The van der Waals surface area contributed by atoms with Crippen molar-refractivity contribution in [3.8, 4) is 0 Å². The van der Waals surface area contributed by atoms with E-state index in [0.717, 1.165) is 0 Å². The third-order valence-electron chi connectivity index (χ3n) is 2.51. The van der Waals surface area contributed by atoms with E-state index in [1.165, 1.54) is 7.11 Å². The number of nitrogens with one attached hydrogen (secondary N) is 2. The summed E-state index contributed by atoms with van der Waals surface area (Å²) in [7, 11) is 1.29. The molecule has 0 saturated carbocycles. The van der Waals surface area contributed by atoms with Gasteiger partial charge in [-0.2, -0.15) is 0 Å². The van der Waals surface area contributed by atoms with Gasteiger partial charge >= 0.3 is 12.0 Å². The summed E-state index contributed by atoms with van der Waals surface area (Å²) in [5.41, 5.74) is 0.592. The van der Waals surface area contributed by atoms with Crippen molar-refractivity contribution in [2.45, 2.75) is 19.9 Å². The normalized spacial score (nSPS) is 11.8. The predicted molar refractivity (Wildman–Crippen MR) is 74.2 cm³/mol. The number of hydrogen-bond acceptors (Lipinski definition) is 3. The van der Waals surface area contributed by atoms with Crippen LogP contribution in [0.2, 0.25) is 5.02 Å². The Hall–Kier alpha value is -1.75. The number of esters is 1. The van der Waals surface area contributed by atoms with E-state index in [9.17, 15) is 9.59 Å². The summed E-state index contributed by atoms with van der Waals surface area (Å²) >= 11 is 5.74. The SMILES string of the molecule is COC(=O)[C@@H](NC(=O)Nc1ccc(Cl)cc1)C(C)C. The molecule has 0 aliphatic heterocycles. The van der Waals surface area contributed by atoms with Gasteiger partial charge in [-0.15, -0.1) is 0 Å². The van der Waals surface area contributed by atoms with Gasteiger partial charge in [0.05, 0.1) is 7.11 Å². The van der Waals surface area contributed by atoms with Crippen LogP contribution in [0, 0.1) is 5.92 Å². The molecule has 1 aromatic carbocycles. The quantitative estimate of drug-likeness (QED) is 0.835. The van der Waals surface area contributed by atoms with Gasteiger partial charge in [0.15, 0.2) is 0 Å². The number of carbonyl (C=O) groups excluding carboxylic acids is 2. The second kappa shape index (κ2) is 6.99. The Bertz CT molecular complexity index is 446. The number of methoxy groups -OCH3 is 1. The minimum absolute atomic E-state index is 0.0663. The standard InChI is InChI=1S/C13H17ClN2O3/c1-8(2)11(12(17)19-3)16-13(18)15-10-6-4-9(14)5-7-10/h4-8,11H,1-3H3,(H2,15,16,18)/t11-/m0/s1. The van der Waals surface area contributed by atoms with Crippen LogP contribution < -0.4 is 10.6 Å². The van der Waals surface area contributed by atoms with Crippen LogP contribution in [0.5, 0.6) is 0 Å². The molecule has 19 heavy (non-hydrogen) atoms. The summed E-state index contributed by atoms with van der Waals surface area (Å²) in [4.78, 5) is 23.3. The molecule has 1 atom stereocenters. The van der Waals surface area contributed by atoms with E-state index in [-0.39, 0.29) is 5.92 Å². The number of hydrogen-bond donors (Lipinski definition) is 2. The topological polar surface area (TPSA) is 67.4 Å². The maximum atomic E-state index is 11.8. The van der Waals surface area contributed by atoms with E-state index in [2.05, 4.69) is 15.4 Å². The first-order chi connectivity index (χ1) is 8.93. The second-order valence-corrected chi connectivity index (χ2v) is 4.79. The molecule has 104 valence electrons. The fraction of sp³-hybridized carbons (Fsp3) is 0.385. The number of urea groups is 1.